The molecule has 0 bridgehead atoms. The smallest absolute Gasteiger partial charge is 0.341 e. The SMILES string of the molecule is C=C(C)[C@@H]1C[C@](C)(c2ccc(Cl)cc2)CO[C@H]1c1c(C)cc(-c2ccc(C(C)C)cc2)cc1OCC(=O)O. The van der Waals surface area contributed by atoms with Crippen LogP contribution in [0.3, 0.4) is 0 Å². The number of aryl methyl sites for hydroxylation is 1. The molecule has 4 nitrogen and oxygen atoms in total. The van der Waals surface area contributed by atoms with Gasteiger partial charge in [-0.25, -0.2) is 4.79 Å². The molecule has 0 unspecified atom stereocenters. The second-order valence-electron chi connectivity index (χ2n) is 11.1. The predicted molar refractivity (Wildman–Crippen MR) is 154 cm³/mol. The summed E-state index contributed by atoms with van der Waals surface area (Å²) in [6, 6.07) is 20.5. The van der Waals surface area contributed by atoms with Crippen molar-refractivity contribution in [3.8, 4) is 16.9 Å². The van der Waals surface area contributed by atoms with Gasteiger partial charge in [0, 0.05) is 21.9 Å². The Labute approximate surface area is 231 Å². The number of carboxylic acid groups (broad SMARTS) is 1. The number of benzene rings is 3. The van der Waals surface area contributed by atoms with E-state index in [1.807, 2.05) is 32.0 Å². The Morgan fingerprint density at radius 3 is 2.37 bits per heavy atom. The van der Waals surface area contributed by atoms with Gasteiger partial charge in [0.1, 0.15) is 5.75 Å². The lowest BCUT2D eigenvalue weighted by molar-refractivity contribution is -0.139. The Morgan fingerprint density at radius 1 is 1.13 bits per heavy atom. The van der Waals surface area contributed by atoms with Crippen molar-refractivity contribution in [2.24, 2.45) is 5.92 Å². The van der Waals surface area contributed by atoms with Crippen molar-refractivity contribution in [2.45, 2.75) is 58.5 Å². The molecule has 0 spiro atoms. The van der Waals surface area contributed by atoms with Crippen molar-refractivity contribution >= 4 is 17.6 Å². The minimum Gasteiger partial charge on any atom is -0.481 e. The molecular weight excluding hydrogens is 496 g/mol. The van der Waals surface area contributed by atoms with Crippen LogP contribution < -0.4 is 4.74 Å². The van der Waals surface area contributed by atoms with E-state index in [-0.39, 0.29) is 17.4 Å². The minimum absolute atomic E-state index is 0.0199. The Hall–Kier alpha value is -3.08. The number of carbonyl (C=O) groups is 1. The topological polar surface area (TPSA) is 55.8 Å². The molecule has 200 valence electrons. The second kappa shape index (κ2) is 11.3. The number of aliphatic carboxylic acids is 1. The monoisotopic (exact) mass is 532 g/mol. The highest BCUT2D eigenvalue weighted by atomic mass is 35.5. The largest absolute Gasteiger partial charge is 0.481 e. The lowest BCUT2D eigenvalue weighted by Gasteiger charge is -2.44. The standard InChI is InChI=1S/C33H37ClO4/c1-20(2)23-7-9-24(10-8-23)25-15-22(5)31(29(16-25)37-18-30(35)36)32-28(21(3)4)17-33(6,19-38-32)26-11-13-27(34)14-12-26/h7-16,20,28,32H,3,17-19H2,1-2,4-6H3,(H,35,36)/t28-,32+,33-/m0/s1. The zero-order chi connectivity index (χ0) is 27.6. The lowest BCUT2D eigenvalue weighted by atomic mass is 9.69. The molecule has 3 aromatic rings. The summed E-state index contributed by atoms with van der Waals surface area (Å²) in [5, 5.41) is 10.1. The van der Waals surface area contributed by atoms with Gasteiger partial charge in [0.05, 0.1) is 12.7 Å². The van der Waals surface area contributed by atoms with Gasteiger partial charge in [-0.3, -0.25) is 0 Å². The molecular formula is C33H37ClO4. The highest BCUT2D eigenvalue weighted by Crippen LogP contribution is 2.49. The fraction of sp³-hybridized carbons (Fsp3) is 0.364. The van der Waals surface area contributed by atoms with E-state index in [9.17, 15) is 9.90 Å². The number of rotatable bonds is 8. The quantitative estimate of drug-likeness (QED) is 0.295. The molecule has 1 heterocycles. The van der Waals surface area contributed by atoms with Gasteiger partial charge in [-0.1, -0.05) is 87.0 Å². The first-order valence-electron chi connectivity index (χ1n) is 13.1. The number of halogens is 1. The fourth-order valence-electron chi connectivity index (χ4n) is 5.43. The van der Waals surface area contributed by atoms with Gasteiger partial charge in [-0.05, 0) is 72.2 Å². The maximum absolute atomic E-state index is 11.5. The van der Waals surface area contributed by atoms with Crippen LogP contribution in [0.25, 0.3) is 11.1 Å². The molecule has 1 fully saturated rings. The number of ether oxygens (including phenoxy) is 2. The maximum Gasteiger partial charge on any atom is 0.341 e. The third-order valence-electron chi connectivity index (χ3n) is 7.69. The summed E-state index contributed by atoms with van der Waals surface area (Å²) >= 11 is 6.14. The molecule has 38 heavy (non-hydrogen) atoms. The van der Waals surface area contributed by atoms with Crippen LogP contribution >= 0.6 is 11.6 Å². The molecule has 3 atom stereocenters. The number of hydrogen-bond donors (Lipinski definition) is 1. The van der Waals surface area contributed by atoms with E-state index >= 15 is 0 Å². The summed E-state index contributed by atoms with van der Waals surface area (Å²) in [5.74, 6) is -0.00603. The molecule has 0 saturated carbocycles. The predicted octanol–water partition coefficient (Wildman–Crippen LogP) is 8.51. The maximum atomic E-state index is 11.5. The van der Waals surface area contributed by atoms with Crippen LogP contribution in [0.4, 0.5) is 0 Å². The van der Waals surface area contributed by atoms with Crippen LogP contribution in [0.15, 0.2) is 72.8 Å². The Bertz CT molecular complexity index is 1310. The van der Waals surface area contributed by atoms with E-state index < -0.39 is 12.6 Å². The summed E-state index contributed by atoms with van der Waals surface area (Å²) in [6.07, 6.45) is 0.541. The molecule has 0 aliphatic carbocycles. The van der Waals surface area contributed by atoms with E-state index in [1.165, 1.54) is 11.1 Å². The Kier molecular flexibility index (Phi) is 8.34. The van der Waals surface area contributed by atoms with E-state index in [4.69, 9.17) is 21.1 Å². The van der Waals surface area contributed by atoms with Crippen LogP contribution in [0.1, 0.15) is 68.4 Å². The number of carboxylic acids is 1. The number of hydrogen-bond acceptors (Lipinski definition) is 3. The van der Waals surface area contributed by atoms with Crippen molar-refractivity contribution < 1.29 is 19.4 Å². The molecule has 3 aromatic carbocycles. The van der Waals surface area contributed by atoms with Crippen LogP contribution in [0, 0.1) is 12.8 Å². The van der Waals surface area contributed by atoms with Gasteiger partial charge < -0.3 is 14.6 Å². The molecule has 0 aromatic heterocycles. The molecule has 1 N–H and O–H groups in total. The molecule has 4 rings (SSSR count). The third-order valence-corrected chi connectivity index (χ3v) is 7.94. The van der Waals surface area contributed by atoms with Gasteiger partial charge in [0.15, 0.2) is 6.61 Å². The van der Waals surface area contributed by atoms with Crippen molar-refractivity contribution in [2.75, 3.05) is 13.2 Å². The zero-order valence-electron chi connectivity index (χ0n) is 22.9. The summed E-state index contributed by atoms with van der Waals surface area (Å²) in [5.41, 5.74) is 7.18. The van der Waals surface area contributed by atoms with E-state index in [2.05, 4.69) is 69.8 Å². The molecule has 0 amide bonds. The normalized spacial score (nSPS) is 21.3. The first kappa shape index (κ1) is 27.9. The van der Waals surface area contributed by atoms with Crippen molar-refractivity contribution in [1.82, 2.24) is 0 Å². The Morgan fingerprint density at radius 2 is 1.79 bits per heavy atom. The van der Waals surface area contributed by atoms with Crippen molar-refractivity contribution in [1.29, 1.82) is 0 Å². The first-order valence-corrected chi connectivity index (χ1v) is 13.5. The minimum atomic E-state index is -1.02. The van der Waals surface area contributed by atoms with Crippen molar-refractivity contribution in [3.63, 3.8) is 0 Å². The molecule has 5 heteroatoms. The lowest BCUT2D eigenvalue weighted by Crippen LogP contribution is -2.40. The third kappa shape index (κ3) is 5.98. The highest BCUT2D eigenvalue weighted by molar-refractivity contribution is 6.30. The highest BCUT2D eigenvalue weighted by Gasteiger charge is 2.42. The summed E-state index contributed by atoms with van der Waals surface area (Å²) in [6.45, 7) is 15.0. The zero-order valence-corrected chi connectivity index (χ0v) is 23.6. The van der Waals surface area contributed by atoms with Gasteiger partial charge >= 0.3 is 5.97 Å². The van der Waals surface area contributed by atoms with E-state index in [1.54, 1.807) is 0 Å². The Balaban J connectivity index is 1.74. The van der Waals surface area contributed by atoms with Gasteiger partial charge in [-0.15, -0.1) is 0 Å². The van der Waals surface area contributed by atoms with Crippen molar-refractivity contribution in [3.05, 3.63) is 100 Å². The second-order valence-corrected chi connectivity index (χ2v) is 11.6. The van der Waals surface area contributed by atoms with Crippen LogP contribution in [0.5, 0.6) is 5.75 Å². The summed E-state index contributed by atoms with van der Waals surface area (Å²) in [7, 11) is 0. The van der Waals surface area contributed by atoms with E-state index in [0.29, 0.717) is 23.3 Å². The van der Waals surface area contributed by atoms with E-state index in [0.717, 1.165) is 34.2 Å². The molecule has 1 saturated heterocycles. The van der Waals surface area contributed by atoms with Gasteiger partial charge in [0.25, 0.3) is 0 Å². The van der Waals surface area contributed by atoms with Crippen LogP contribution in [-0.2, 0) is 14.9 Å². The molecule has 0 radical (unpaired) electrons. The molecule has 1 aliphatic rings. The summed E-state index contributed by atoms with van der Waals surface area (Å²) < 4.78 is 12.5. The summed E-state index contributed by atoms with van der Waals surface area (Å²) in [4.78, 5) is 11.5. The van der Waals surface area contributed by atoms with Gasteiger partial charge in [-0.2, -0.15) is 0 Å². The average molecular weight is 533 g/mol. The van der Waals surface area contributed by atoms with Crippen LogP contribution in [-0.4, -0.2) is 24.3 Å². The molecule has 1 aliphatic heterocycles. The average Bonchev–Trinajstić information content (AvgIpc) is 2.88. The first-order chi connectivity index (χ1) is 18.0. The fourth-order valence-corrected chi connectivity index (χ4v) is 5.55. The van der Waals surface area contributed by atoms with Gasteiger partial charge in [0.2, 0.25) is 0 Å². The van der Waals surface area contributed by atoms with Crippen LogP contribution in [0.2, 0.25) is 5.02 Å².